The maximum Gasteiger partial charge on any atom is 0.143 e. The first-order valence-corrected chi connectivity index (χ1v) is 24.3. The van der Waals surface area contributed by atoms with E-state index < -0.39 is 0 Å². The molecule has 12 aromatic carbocycles. The topological polar surface area (TPSA) is 21.3 Å². The number of rotatable bonds is 8. The highest BCUT2D eigenvalue weighted by atomic mass is 16.3. The van der Waals surface area contributed by atoms with E-state index in [-0.39, 0.29) is 0 Å². The fourth-order valence-electron chi connectivity index (χ4n) is 11.1. The Morgan fingerprint density at radius 2 is 0.803 bits per heavy atom. The molecule has 3 nitrogen and oxygen atoms in total. The molecule has 2 aromatic heterocycles. The Hall–Kier alpha value is -9.44. The third kappa shape index (κ3) is 6.82. The van der Waals surface area contributed by atoms with Crippen molar-refractivity contribution in [3.63, 3.8) is 0 Å². The van der Waals surface area contributed by atoms with Crippen LogP contribution >= 0.6 is 0 Å². The van der Waals surface area contributed by atoms with E-state index in [9.17, 15) is 0 Å². The quantitative estimate of drug-likeness (QED) is 0.142. The van der Waals surface area contributed by atoms with Crippen LogP contribution in [0.15, 0.2) is 271 Å². The lowest BCUT2D eigenvalue weighted by Crippen LogP contribution is -2.10. The highest BCUT2D eigenvalue weighted by molar-refractivity contribution is 6.14. The van der Waals surface area contributed by atoms with Crippen LogP contribution in [0.25, 0.3) is 115 Å². The molecule has 0 aliphatic rings. The van der Waals surface area contributed by atoms with Gasteiger partial charge in [0.25, 0.3) is 0 Å². The summed E-state index contributed by atoms with van der Waals surface area (Å²) < 4.78 is 8.99. The fraction of sp³-hybridized carbons (Fsp3) is 0. The summed E-state index contributed by atoms with van der Waals surface area (Å²) in [5.74, 6) is 0. The van der Waals surface area contributed by atoms with Crippen molar-refractivity contribution >= 4 is 82.4 Å². The van der Waals surface area contributed by atoms with E-state index in [0.717, 1.165) is 72.5 Å². The van der Waals surface area contributed by atoms with Crippen molar-refractivity contribution in [2.24, 2.45) is 0 Å². The summed E-state index contributed by atoms with van der Waals surface area (Å²) >= 11 is 0. The molecule has 0 N–H and O–H groups in total. The van der Waals surface area contributed by atoms with Gasteiger partial charge in [-0.3, -0.25) is 0 Å². The van der Waals surface area contributed by atoms with Crippen LogP contribution in [-0.4, -0.2) is 4.57 Å². The number of aromatic nitrogens is 1. The number of fused-ring (bicyclic) bond motifs is 9. The highest BCUT2D eigenvalue weighted by Crippen LogP contribution is 2.44. The standard InChI is InChI=1S/C68H44N2O/c1-2-24-54-50(17-1)44-63(58-27-4-3-26-57(54)58)49-21-15-23-53(43-49)69(52-22-14-20-48(42-52)56-31-16-32-62-61-30-8-12-36-67(61)71-68(56)62)51-39-37-45(38-40-51)46-18-13-19-47(41-46)55-25-5-9-33-64(55)70-65-34-10-6-28-59(65)60-29-7-11-35-66(60)70/h1-44H. The van der Waals surface area contributed by atoms with Gasteiger partial charge >= 0.3 is 0 Å². The number of anilines is 3. The molecule has 0 saturated carbocycles. The molecule has 71 heavy (non-hydrogen) atoms. The minimum Gasteiger partial charge on any atom is -0.455 e. The van der Waals surface area contributed by atoms with Crippen molar-refractivity contribution in [2.75, 3.05) is 4.90 Å². The molecule has 14 aromatic rings. The molecule has 0 bridgehead atoms. The maximum atomic E-state index is 6.57. The van der Waals surface area contributed by atoms with Crippen molar-refractivity contribution in [3.05, 3.63) is 267 Å². The Morgan fingerprint density at radius 1 is 0.282 bits per heavy atom. The number of hydrogen-bond donors (Lipinski definition) is 0. The zero-order valence-electron chi connectivity index (χ0n) is 38.7. The maximum absolute atomic E-state index is 6.57. The van der Waals surface area contributed by atoms with Crippen LogP contribution in [0.5, 0.6) is 0 Å². The lowest BCUT2D eigenvalue weighted by atomic mass is 9.93. The van der Waals surface area contributed by atoms with Gasteiger partial charge in [-0.05, 0) is 128 Å². The highest BCUT2D eigenvalue weighted by Gasteiger charge is 2.20. The smallest absolute Gasteiger partial charge is 0.143 e. The number of hydrogen-bond acceptors (Lipinski definition) is 2. The summed E-state index contributed by atoms with van der Waals surface area (Å²) in [5.41, 5.74) is 17.7. The van der Waals surface area contributed by atoms with Gasteiger partial charge in [-0.15, -0.1) is 0 Å². The van der Waals surface area contributed by atoms with Crippen LogP contribution in [0.4, 0.5) is 17.1 Å². The molecule has 0 saturated heterocycles. The third-order valence-electron chi connectivity index (χ3n) is 14.4. The van der Waals surface area contributed by atoms with Crippen LogP contribution in [-0.2, 0) is 0 Å². The van der Waals surface area contributed by atoms with Crippen molar-refractivity contribution in [2.45, 2.75) is 0 Å². The van der Waals surface area contributed by atoms with E-state index in [2.05, 4.69) is 270 Å². The third-order valence-corrected chi connectivity index (χ3v) is 14.4. The Morgan fingerprint density at radius 3 is 1.55 bits per heavy atom. The molecule has 0 aliphatic carbocycles. The van der Waals surface area contributed by atoms with Gasteiger partial charge in [0.05, 0.1) is 16.7 Å². The molecule has 0 spiro atoms. The number of nitrogens with zero attached hydrogens (tertiary/aromatic N) is 2. The summed E-state index contributed by atoms with van der Waals surface area (Å²) in [7, 11) is 0. The predicted molar refractivity (Wildman–Crippen MR) is 299 cm³/mol. The SMILES string of the molecule is c1cc(-c2ccc(N(c3cccc(-c4cc5ccccc5c5ccccc45)c3)c3cccc(-c4cccc5c4oc4ccccc45)c3)cc2)cc(-c2ccccc2-n2c3ccccc3c3ccccc32)c1. The molecule has 0 atom stereocenters. The lowest BCUT2D eigenvalue weighted by Gasteiger charge is -2.27. The monoisotopic (exact) mass is 904 g/mol. The number of furan rings is 1. The molecule has 3 heteroatoms. The van der Waals surface area contributed by atoms with E-state index in [1.165, 1.54) is 60.0 Å². The van der Waals surface area contributed by atoms with Gasteiger partial charge in [-0.2, -0.15) is 0 Å². The zero-order chi connectivity index (χ0) is 46.8. The molecular weight excluding hydrogens is 861 g/mol. The second-order valence-corrected chi connectivity index (χ2v) is 18.4. The van der Waals surface area contributed by atoms with Crippen LogP contribution in [0, 0.1) is 0 Å². The molecule has 0 amide bonds. The van der Waals surface area contributed by atoms with Gasteiger partial charge in [0.2, 0.25) is 0 Å². The van der Waals surface area contributed by atoms with Crippen LogP contribution in [0.2, 0.25) is 0 Å². The van der Waals surface area contributed by atoms with Crippen molar-refractivity contribution in [1.29, 1.82) is 0 Å². The minimum absolute atomic E-state index is 0.892. The molecule has 332 valence electrons. The number of benzene rings is 12. The van der Waals surface area contributed by atoms with Crippen LogP contribution < -0.4 is 4.90 Å². The molecule has 2 heterocycles. The Labute approximate surface area is 411 Å². The molecule has 0 fully saturated rings. The van der Waals surface area contributed by atoms with Gasteiger partial charge in [0.1, 0.15) is 11.2 Å². The molecule has 14 rings (SSSR count). The second kappa shape index (κ2) is 16.7. The largest absolute Gasteiger partial charge is 0.455 e. The normalized spacial score (nSPS) is 11.7. The van der Waals surface area contributed by atoms with E-state index in [0.29, 0.717) is 0 Å². The first kappa shape index (κ1) is 40.6. The Kier molecular flexibility index (Phi) is 9.53. The molecule has 0 radical (unpaired) electrons. The molecule has 0 aliphatic heterocycles. The Balaban J connectivity index is 0.890. The summed E-state index contributed by atoms with van der Waals surface area (Å²) in [6, 6.07) is 96.7. The second-order valence-electron chi connectivity index (χ2n) is 18.4. The van der Waals surface area contributed by atoms with E-state index in [4.69, 9.17) is 4.42 Å². The average Bonchev–Trinajstić information content (AvgIpc) is 4.00. The summed E-state index contributed by atoms with van der Waals surface area (Å²) in [6.45, 7) is 0. The van der Waals surface area contributed by atoms with E-state index in [1.807, 2.05) is 6.07 Å². The minimum atomic E-state index is 0.892. The van der Waals surface area contributed by atoms with Gasteiger partial charge in [-0.1, -0.05) is 194 Å². The first-order chi connectivity index (χ1) is 35.2. The van der Waals surface area contributed by atoms with Gasteiger partial charge in [-0.25, -0.2) is 0 Å². The fourth-order valence-corrected chi connectivity index (χ4v) is 11.1. The van der Waals surface area contributed by atoms with E-state index >= 15 is 0 Å². The van der Waals surface area contributed by atoms with Crippen LogP contribution in [0.3, 0.4) is 0 Å². The van der Waals surface area contributed by atoms with Gasteiger partial charge < -0.3 is 13.9 Å². The lowest BCUT2D eigenvalue weighted by molar-refractivity contribution is 0.670. The predicted octanol–water partition coefficient (Wildman–Crippen LogP) is 19.1. The zero-order valence-corrected chi connectivity index (χ0v) is 38.7. The van der Waals surface area contributed by atoms with Gasteiger partial charge in [0, 0.05) is 49.7 Å². The average molecular weight is 905 g/mol. The summed E-state index contributed by atoms with van der Waals surface area (Å²) in [6.07, 6.45) is 0. The molecular formula is C68H44N2O. The molecule has 0 unspecified atom stereocenters. The van der Waals surface area contributed by atoms with Crippen molar-refractivity contribution < 1.29 is 4.42 Å². The summed E-state index contributed by atoms with van der Waals surface area (Å²) in [4.78, 5) is 2.39. The van der Waals surface area contributed by atoms with Crippen molar-refractivity contribution in [3.8, 4) is 50.2 Å². The van der Waals surface area contributed by atoms with Crippen molar-refractivity contribution in [1.82, 2.24) is 4.57 Å². The first-order valence-electron chi connectivity index (χ1n) is 24.3. The Bertz CT molecular complexity index is 4310. The number of para-hydroxylation sites is 5. The summed E-state index contributed by atoms with van der Waals surface area (Å²) in [5, 5.41) is 9.73. The van der Waals surface area contributed by atoms with Gasteiger partial charge in [0.15, 0.2) is 0 Å². The van der Waals surface area contributed by atoms with Crippen LogP contribution in [0.1, 0.15) is 0 Å². The van der Waals surface area contributed by atoms with E-state index in [1.54, 1.807) is 0 Å².